The van der Waals surface area contributed by atoms with Crippen LogP contribution in [0.3, 0.4) is 0 Å². The lowest BCUT2D eigenvalue weighted by Crippen LogP contribution is -2.92. The van der Waals surface area contributed by atoms with Crippen LogP contribution in [-0.4, -0.2) is 18.0 Å². The van der Waals surface area contributed by atoms with E-state index < -0.39 is 0 Å². The normalized spacial score (nSPS) is 14.1. The molecule has 2 atom stereocenters. The van der Waals surface area contributed by atoms with Crippen molar-refractivity contribution in [2.75, 3.05) is 0 Å². The first-order valence-electron chi connectivity index (χ1n) is 7.62. The molecule has 0 spiro atoms. The molecule has 0 unspecified atom stereocenters. The van der Waals surface area contributed by atoms with Gasteiger partial charge < -0.3 is 10.6 Å². The van der Waals surface area contributed by atoms with Gasteiger partial charge in [-0.05, 0) is 38.5 Å². The van der Waals surface area contributed by atoms with Gasteiger partial charge in [0, 0.05) is 11.6 Å². The van der Waals surface area contributed by atoms with Crippen molar-refractivity contribution >= 4 is 16.7 Å². The standard InChI is InChI=1S/C18H24N2O/c1-12(2)19-18(21)14(4)20-13(3)16-11-7-9-15-8-5-6-10-17(15)16/h5-14,20H,1-4H3,(H,19,21)/p+1/t13-,14+/m0/s1. The van der Waals surface area contributed by atoms with Crippen molar-refractivity contribution in [1.82, 2.24) is 5.32 Å². The second-order valence-corrected chi connectivity index (χ2v) is 6.00. The Morgan fingerprint density at radius 1 is 1.00 bits per heavy atom. The average molecular weight is 285 g/mol. The smallest absolute Gasteiger partial charge is 0.278 e. The zero-order valence-electron chi connectivity index (χ0n) is 13.3. The summed E-state index contributed by atoms with van der Waals surface area (Å²) < 4.78 is 0. The molecular formula is C18H25N2O+. The molecule has 3 N–H and O–H groups in total. The summed E-state index contributed by atoms with van der Waals surface area (Å²) in [6.07, 6.45) is 0. The highest BCUT2D eigenvalue weighted by Gasteiger charge is 2.21. The molecule has 0 radical (unpaired) electrons. The van der Waals surface area contributed by atoms with Gasteiger partial charge in [-0.1, -0.05) is 42.5 Å². The number of hydrogen-bond donors (Lipinski definition) is 2. The Kier molecular flexibility index (Phi) is 4.97. The highest BCUT2D eigenvalue weighted by molar-refractivity contribution is 5.86. The minimum absolute atomic E-state index is 0.0945. The molecule has 0 aliphatic rings. The zero-order valence-corrected chi connectivity index (χ0v) is 13.3. The van der Waals surface area contributed by atoms with E-state index in [9.17, 15) is 4.79 Å². The van der Waals surface area contributed by atoms with E-state index in [1.165, 1.54) is 16.3 Å². The van der Waals surface area contributed by atoms with Gasteiger partial charge in [-0.25, -0.2) is 0 Å². The van der Waals surface area contributed by atoms with Gasteiger partial charge in [0.25, 0.3) is 5.91 Å². The van der Waals surface area contributed by atoms with E-state index in [2.05, 4.69) is 60.0 Å². The van der Waals surface area contributed by atoms with Crippen LogP contribution in [0.5, 0.6) is 0 Å². The number of nitrogens with one attached hydrogen (secondary N) is 1. The van der Waals surface area contributed by atoms with E-state index in [1.54, 1.807) is 0 Å². The molecule has 2 aromatic rings. The summed E-state index contributed by atoms with van der Waals surface area (Å²) in [5.74, 6) is 0.0945. The quantitative estimate of drug-likeness (QED) is 0.870. The predicted octanol–water partition coefficient (Wildman–Crippen LogP) is 2.38. The van der Waals surface area contributed by atoms with Gasteiger partial charge in [-0.2, -0.15) is 0 Å². The molecule has 0 aliphatic carbocycles. The Balaban J connectivity index is 2.15. The highest BCUT2D eigenvalue weighted by atomic mass is 16.2. The summed E-state index contributed by atoms with van der Waals surface area (Å²) in [5, 5.41) is 7.60. The molecule has 3 heteroatoms. The van der Waals surface area contributed by atoms with E-state index >= 15 is 0 Å². The number of nitrogens with two attached hydrogens (primary N) is 1. The van der Waals surface area contributed by atoms with Crippen LogP contribution in [0.1, 0.15) is 39.3 Å². The molecule has 0 heterocycles. The second-order valence-electron chi connectivity index (χ2n) is 6.00. The Morgan fingerprint density at radius 2 is 1.67 bits per heavy atom. The van der Waals surface area contributed by atoms with Crippen LogP contribution in [-0.2, 0) is 4.79 Å². The van der Waals surface area contributed by atoms with Crippen LogP contribution < -0.4 is 10.6 Å². The summed E-state index contributed by atoms with van der Waals surface area (Å²) in [4.78, 5) is 12.0. The summed E-state index contributed by atoms with van der Waals surface area (Å²) in [6.45, 7) is 8.08. The molecule has 0 bridgehead atoms. The lowest BCUT2D eigenvalue weighted by atomic mass is 9.99. The first kappa shape index (κ1) is 15.5. The maximum Gasteiger partial charge on any atom is 0.278 e. The van der Waals surface area contributed by atoms with Gasteiger partial charge >= 0.3 is 0 Å². The van der Waals surface area contributed by atoms with Gasteiger partial charge in [0.15, 0.2) is 6.04 Å². The fraction of sp³-hybridized carbons (Fsp3) is 0.389. The van der Waals surface area contributed by atoms with Crippen molar-refractivity contribution < 1.29 is 10.1 Å². The molecule has 0 fully saturated rings. The number of benzene rings is 2. The van der Waals surface area contributed by atoms with Gasteiger partial charge in [0.2, 0.25) is 0 Å². The monoisotopic (exact) mass is 285 g/mol. The minimum atomic E-state index is -0.0960. The third kappa shape index (κ3) is 3.82. The molecule has 3 nitrogen and oxygen atoms in total. The SMILES string of the molecule is CC(C)NC(=O)[C@@H](C)[NH2+][C@@H](C)c1cccc2ccccc12. The van der Waals surface area contributed by atoms with E-state index in [4.69, 9.17) is 0 Å². The fourth-order valence-electron chi connectivity index (χ4n) is 2.69. The van der Waals surface area contributed by atoms with Crippen molar-refractivity contribution in [2.24, 2.45) is 0 Å². The molecule has 1 amide bonds. The average Bonchev–Trinajstić information content (AvgIpc) is 2.45. The molecule has 2 aromatic carbocycles. The summed E-state index contributed by atoms with van der Waals surface area (Å²) in [6, 6.07) is 15.1. The molecule has 0 aromatic heterocycles. The molecule has 0 saturated carbocycles. The Hall–Kier alpha value is -1.87. The van der Waals surface area contributed by atoms with Crippen molar-refractivity contribution in [2.45, 2.75) is 45.8 Å². The molecule has 0 saturated heterocycles. The van der Waals surface area contributed by atoms with Gasteiger partial charge in [0.05, 0.1) is 0 Å². The number of hydrogen-bond acceptors (Lipinski definition) is 1. The van der Waals surface area contributed by atoms with Gasteiger partial charge in [-0.3, -0.25) is 4.79 Å². The third-order valence-corrected chi connectivity index (χ3v) is 3.74. The molecular weight excluding hydrogens is 260 g/mol. The first-order valence-corrected chi connectivity index (χ1v) is 7.62. The van der Waals surface area contributed by atoms with E-state index in [0.29, 0.717) is 0 Å². The maximum absolute atomic E-state index is 12.0. The molecule has 0 aliphatic heterocycles. The van der Waals surface area contributed by atoms with Crippen LogP contribution in [0, 0.1) is 0 Å². The fourth-order valence-corrected chi connectivity index (χ4v) is 2.69. The largest absolute Gasteiger partial charge is 0.349 e. The topological polar surface area (TPSA) is 45.7 Å². The Bertz CT molecular complexity index is 616. The Labute approximate surface area is 126 Å². The van der Waals surface area contributed by atoms with Crippen LogP contribution >= 0.6 is 0 Å². The summed E-state index contributed by atoms with van der Waals surface area (Å²) in [5.41, 5.74) is 1.28. The number of carbonyl (C=O) groups excluding carboxylic acids is 1. The molecule has 21 heavy (non-hydrogen) atoms. The number of amides is 1. The Morgan fingerprint density at radius 3 is 2.38 bits per heavy atom. The summed E-state index contributed by atoms with van der Waals surface area (Å²) in [7, 11) is 0. The zero-order chi connectivity index (χ0) is 15.4. The number of carbonyl (C=O) groups is 1. The highest BCUT2D eigenvalue weighted by Crippen LogP contribution is 2.22. The van der Waals surface area contributed by atoms with E-state index in [0.717, 1.165) is 0 Å². The van der Waals surface area contributed by atoms with Gasteiger partial charge in [0.1, 0.15) is 6.04 Å². The van der Waals surface area contributed by atoms with Crippen LogP contribution in [0.25, 0.3) is 10.8 Å². The maximum atomic E-state index is 12.0. The predicted molar refractivity (Wildman–Crippen MR) is 87.0 cm³/mol. The van der Waals surface area contributed by atoms with Crippen molar-refractivity contribution in [1.29, 1.82) is 0 Å². The van der Waals surface area contributed by atoms with Crippen molar-refractivity contribution in [3.8, 4) is 0 Å². The number of quaternary nitrogens is 1. The summed E-state index contributed by atoms with van der Waals surface area (Å²) >= 11 is 0. The number of fused-ring (bicyclic) bond motifs is 1. The molecule has 2 rings (SSSR count). The van der Waals surface area contributed by atoms with Crippen LogP contribution in [0.2, 0.25) is 0 Å². The van der Waals surface area contributed by atoms with Crippen LogP contribution in [0.4, 0.5) is 0 Å². The van der Waals surface area contributed by atoms with Gasteiger partial charge in [-0.15, -0.1) is 0 Å². The van der Waals surface area contributed by atoms with E-state index in [-0.39, 0.29) is 24.0 Å². The van der Waals surface area contributed by atoms with E-state index in [1.807, 2.05) is 20.8 Å². The van der Waals surface area contributed by atoms with Crippen molar-refractivity contribution in [3.05, 3.63) is 48.0 Å². The minimum Gasteiger partial charge on any atom is -0.349 e. The van der Waals surface area contributed by atoms with Crippen LogP contribution in [0.15, 0.2) is 42.5 Å². The lowest BCUT2D eigenvalue weighted by molar-refractivity contribution is -0.710. The third-order valence-electron chi connectivity index (χ3n) is 3.74. The number of rotatable bonds is 5. The van der Waals surface area contributed by atoms with Crippen molar-refractivity contribution in [3.63, 3.8) is 0 Å². The lowest BCUT2D eigenvalue weighted by Gasteiger charge is -2.19. The molecule has 112 valence electrons. The second kappa shape index (κ2) is 6.72. The first-order chi connectivity index (χ1) is 9.99.